The average molecular weight is 593 g/mol. The minimum atomic E-state index is -0.183. The topological polar surface area (TPSA) is 118 Å². The van der Waals surface area contributed by atoms with Crippen LogP contribution >= 0.6 is 0 Å². The number of pyridine rings is 2. The van der Waals surface area contributed by atoms with Gasteiger partial charge in [0.05, 0.1) is 130 Å². The molecule has 42 heavy (non-hydrogen) atoms. The predicted octanol–water partition coefficient (Wildman–Crippen LogP) is 2.07. The highest BCUT2D eigenvalue weighted by molar-refractivity contribution is 5.55. The smallest absolute Gasteiger partial charge is 0.104 e. The molecule has 2 aromatic rings. The monoisotopic (exact) mass is 592 g/mol. The molecule has 2 aromatic heterocycles. The first kappa shape index (κ1) is 32.8. The second kappa shape index (κ2) is 20.7. The van der Waals surface area contributed by atoms with Crippen molar-refractivity contribution in [1.82, 2.24) is 9.97 Å². The second-order valence-corrected chi connectivity index (χ2v) is 9.71. The molecule has 0 radical (unpaired) electrons. The molecular formula is C30H44N2O10. The molecular weight excluding hydrogens is 548 g/mol. The third kappa shape index (κ3) is 13.5. The Labute approximate surface area is 247 Å². The molecule has 0 N–H and O–H groups in total. The summed E-state index contributed by atoms with van der Waals surface area (Å²) in [6, 6.07) is 7.83. The normalized spacial score (nSPS) is 22.7. The van der Waals surface area contributed by atoms with Crippen LogP contribution in [0.1, 0.15) is 11.1 Å². The summed E-state index contributed by atoms with van der Waals surface area (Å²) in [5, 5.41) is 0. The van der Waals surface area contributed by atoms with Crippen LogP contribution in [-0.2, 0) is 60.6 Å². The van der Waals surface area contributed by atoms with Crippen molar-refractivity contribution < 1.29 is 47.4 Å². The van der Waals surface area contributed by atoms with Gasteiger partial charge in [-0.05, 0) is 35.4 Å². The molecule has 234 valence electrons. The van der Waals surface area contributed by atoms with E-state index in [9.17, 15) is 0 Å². The maximum absolute atomic E-state index is 5.97. The molecule has 0 saturated carbocycles. The van der Waals surface area contributed by atoms with Crippen molar-refractivity contribution in [3.05, 3.63) is 47.8 Å². The molecule has 0 bridgehead atoms. The molecule has 0 aliphatic carbocycles. The minimum Gasteiger partial charge on any atom is -0.377 e. The van der Waals surface area contributed by atoms with Gasteiger partial charge in [0.2, 0.25) is 0 Å². The maximum Gasteiger partial charge on any atom is 0.104 e. The lowest BCUT2D eigenvalue weighted by Gasteiger charge is -2.19. The molecule has 12 nitrogen and oxygen atoms in total. The summed E-state index contributed by atoms with van der Waals surface area (Å²) >= 11 is 0. The van der Waals surface area contributed by atoms with Crippen LogP contribution in [0, 0.1) is 0 Å². The summed E-state index contributed by atoms with van der Waals surface area (Å²) in [6.45, 7) is 8.83. The fourth-order valence-corrected chi connectivity index (χ4v) is 4.17. The lowest BCUT2D eigenvalue weighted by Crippen LogP contribution is -2.29. The highest BCUT2D eigenvalue weighted by Gasteiger charge is 2.13. The number of hydrogen-bond acceptors (Lipinski definition) is 12. The molecule has 2 saturated heterocycles. The Morgan fingerprint density at radius 2 is 0.905 bits per heavy atom. The first-order valence-electron chi connectivity index (χ1n) is 14.6. The minimum absolute atomic E-state index is 0.183. The Balaban J connectivity index is 1.22. The summed E-state index contributed by atoms with van der Waals surface area (Å²) in [4.78, 5) is 9.05. The van der Waals surface area contributed by atoms with Crippen molar-refractivity contribution >= 4 is 0 Å². The van der Waals surface area contributed by atoms with Crippen LogP contribution in [0.2, 0.25) is 0 Å². The van der Waals surface area contributed by atoms with Crippen LogP contribution in [0.25, 0.3) is 11.4 Å². The summed E-state index contributed by atoms with van der Waals surface area (Å²) in [7, 11) is 0. The van der Waals surface area contributed by atoms with Gasteiger partial charge in [-0.3, -0.25) is 9.97 Å². The van der Waals surface area contributed by atoms with Gasteiger partial charge in [0.1, 0.15) is 12.2 Å². The van der Waals surface area contributed by atoms with Crippen molar-refractivity contribution in [2.75, 3.05) is 106 Å². The first-order valence-corrected chi connectivity index (χ1v) is 14.6. The molecule has 2 unspecified atom stereocenters. The summed E-state index contributed by atoms with van der Waals surface area (Å²) in [6.07, 6.45) is 3.16. The lowest BCUT2D eigenvalue weighted by molar-refractivity contribution is -0.0922. The van der Waals surface area contributed by atoms with Gasteiger partial charge in [-0.2, -0.15) is 0 Å². The third-order valence-electron chi connectivity index (χ3n) is 6.31. The van der Waals surface area contributed by atoms with Gasteiger partial charge in [0, 0.05) is 12.4 Å². The molecule has 4 rings (SSSR count). The Morgan fingerprint density at radius 3 is 1.33 bits per heavy atom. The van der Waals surface area contributed by atoms with Crippen molar-refractivity contribution in [3.63, 3.8) is 0 Å². The van der Waals surface area contributed by atoms with Gasteiger partial charge in [0.15, 0.2) is 0 Å². The highest BCUT2D eigenvalue weighted by atomic mass is 16.6. The van der Waals surface area contributed by atoms with Gasteiger partial charge in [-0.15, -0.1) is 0 Å². The number of nitrogens with zero attached hydrogens (tertiary/aromatic N) is 2. The van der Waals surface area contributed by atoms with E-state index in [1.807, 2.05) is 24.3 Å². The van der Waals surface area contributed by atoms with Gasteiger partial charge in [-0.1, -0.05) is 0 Å². The fraction of sp³-hybridized carbons (Fsp3) is 0.667. The van der Waals surface area contributed by atoms with Crippen LogP contribution < -0.4 is 0 Å². The van der Waals surface area contributed by atoms with Gasteiger partial charge < -0.3 is 47.4 Å². The van der Waals surface area contributed by atoms with E-state index in [-0.39, 0.29) is 12.2 Å². The van der Waals surface area contributed by atoms with E-state index < -0.39 is 0 Å². The standard InChI is InChI=1S/C30H44N2O10/c1-3-31-29(17-25(1)19-39-23-27-21-37-11-9-33-5-7-35-13-15-41-27)30-18-26(2-4-32-30)20-40-24-28-22-38-12-10-34-6-8-36-14-16-42-28/h1-4,17-18,27-28H,5-16,19-24H2. The summed E-state index contributed by atoms with van der Waals surface area (Å²) < 4.78 is 57.0. The van der Waals surface area contributed by atoms with Gasteiger partial charge in [0.25, 0.3) is 0 Å². The zero-order valence-electron chi connectivity index (χ0n) is 24.3. The Kier molecular flexibility index (Phi) is 16.2. The average Bonchev–Trinajstić information content (AvgIpc) is 3.00. The van der Waals surface area contributed by atoms with Crippen LogP contribution in [0.15, 0.2) is 36.7 Å². The van der Waals surface area contributed by atoms with Crippen molar-refractivity contribution in [2.24, 2.45) is 0 Å². The zero-order valence-corrected chi connectivity index (χ0v) is 24.3. The van der Waals surface area contributed by atoms with E-state index in [1.54, 1.807) is 12.4 Å². The molecule has 0 spiro atoms. The Morgan fingerprint density at radius 1 is 0.524 bits per heavy atom. The molecule has 2 aliphatic heterocycles. The molecule has 0 aromatic carbocycles. The van der Waals surface area contributed by atoms with E-state index in [1.165, 1.54) is 0 Å². The number of ether oxygens (including phenoxy) is 10. The highest BCUT2D eigenvalue weighted by Crippen LogP contribution is 2.18. The Bertz CT molecular complexity index is 883. The predicted molar refractivity (Wildman–Crippen MR) is 151 cm³/mol. The SMILES string of the molecule is c1cc(COCC2COCCOCCOCCO2)cc(-c2cc(COCC3COCCOCCOCCO3)ccn2)n1. The van der Waals surface area contributed by atoms with Crippen molar-refractivity contribution in [3.8, 4) is 11.4 Å². The summed E-state index contributed by atoms with van der Waals surface area (Å²) in [5.41, 5.74) is 3.50. The number of rotatable bonds is 9. The van der Waals surface area contributed by atoms with Gasteiger partial charge in [-0.25, -0.2) is 0 Å². The van der Waals surface area contributed by atoms with E-state index in [0.717, 1.165) is 22.5 Å². The molecule has 0 amide bonds. The quantitative estimate of drug-likeness (QED) is 0.424. The first-order chi connectivity index (χ1) is 20.9. The number of hydrogen-bond donors (Lipinski definition) is 0. The van der Waals surface area contributed by atoms with Gasteiger partial charge >= 0.3 is 0 Å². The lowest BCUT2D eigenvalue weighted by atomic mass is 10.1. The van der Waals surface area contributed by atoms with E-state index in [2.05, 4.69) is 9.97 Å². The maximum atomic E-state index is 5.97. The van der Waals surface area contributed by atoms with Crippen molar-refractivity contribution in [1.29, 1.82) is 0 Å². The van der Waals surface area contributed by atoms with Crippen molar-refractivity contribution in [2.45, 2.75) is 25.4 Å². The van der Waals surface area contributed by atoms with E-state index in [4.69, 9.17) is 47.4 Å². The van der Waals surface area contributed by atoms with Crippen LogP contribution in [0.5, 0.6) is 0 Å². The third-order valence-corrected chi connectivity index (χ3v) is 6.31. The van der Waals surface area contributed by atoms with Crippen LogP contribution in [0.4, 0.5) is 0 Å². The van der Waals surface area contributed by atoms with E-state index in [0.29, 0.717) is 119 Å². The van der Waals surface area contributed by atoms with Crippen LogP contribution in [-0.4, -0.2) is 128 Å². The molecule has 4 heterocycles. The van der Waals surface area contributed by atoms with E-state index >= 15 is 0 Å². The molecule has 2 fully saturated rings. The Hall–Kier alpha value is -2.10. The van der Waals surface area contributed by atoms with Crippen LogP contribution in [0.3, 0.4) is 0 Å². The largest absolute Gasteiger partial charge is 0.377 e. The zero-order chi connectivity index (χ0) is 28.9. The molecule has 2 atom stereocenters. The number of aromatic nitrogens is 2. The summed E-state index contributed by atoms with van der Waals surface area (Å²) in [5.74, 6) is 0. The molecule has 2 aliphatic rings. The fourth-order valence-electron chi connectivity index (χ4n) is 4.17. The second-order valence-electron chi connectivity index (χ2n) is 9.71. The molecule has 12 heteroatoms.